The summed E-state index contributed by atoms with van der Waals surface area (Å²) in [7, 11) is 0. The van der Waals surface area contributed by atoms with Crippen molar-refractivity contribution in [2.75, 3.05) is 18.4 Å². The Morgan fingerprint density at radius 3 is 2.43 bits per heavy atom. The van der Waals surface area contributed by atoms with E-state index >= 15 is 0 Å². The summed E-state index contributed by atoms with van der Waals surface area (Å²) in [5, 5.41) is 14.0. The van der Waals surface area contributed by atoms with Crippen LogP contribution in [-0.4, -0.2) is 34.9 Å². The number of urea groups is 1. The highest BCUT2D eigenvalue weighted by Gasteiger charge is 2.34. The summed E-state index contributed by atoms with van der Waals surface area (Å²) in [6, 6.07) is 4.23. The molecule has 1 saturated heterocycles. The zero-order chi connectivity index (χ0) is 15.5. The Hall–Kier alpha value is -2.25. The molecule has 0 aliphatic carbocycles. The standard InChI is InChI=1S/C13H14F3N3O2/c14-13(15,16)10-3-1-2-4-11(10)17-12(20)19-7-5-9(18-21)6-8-19/h1-4,21H,5-8H2,(H,17,20). The van der Waals surface area contributed by atoms with Gasteiger partial charge in [-0.3, -0.25) is 0 Å². The fraction of sp³-hybridized carbons (Fsp3) is 0.385. The van der Waals surface area contributed by atoms with Crippen molar-refractivity contribution in [1.82, 2.24) is 4.90 Å². The third kappa shape index (κ3) is 3.65. The Kier molecular flexibility index (Phi) is 4.35. The van der Waals surface area contributed by atoms with Crippen LogP contribution in [0.3, 0.4) is 0 Å². The van der Waals surface area contributed by atoms with Gasteiger partial charge in [0.05, 0.1) is 17.0 Å². The average molecular weight is 301 g/mol. The fourth-order valence-electron chi connectivity index (χ4n) is 2.10. The van der Waals surface area contributed by atoms with E-state index < -0.39 is 17.8 Å². The Balaban J connectivity index is 2.07. The van der Waals surface area contributed by atoms with Gasteiger partial charge in [-0.2, -0.15) is 13.2 Å². The van der Waals surface area contributed by atoms with Crippen LogP contribution < -0.4 is 5.32 Å². The normalized spacial score (nSPS) is 15.8. The molecule has 1 aliphatic heterocycles. The minimum absolute atomic E-state index is 0.267. The molecule has 0 atom stereocenters. The number of hydrogen-bond acceptors (Lipinski definition) is 3. The molecule has 2 rings (SSSR count). The van der Waals surface area contributed by atoms with Gasteiger partial charge in [-0.25, -0.2) is 4.79 Å². The third-order valence-corrected chi connectivity index (χ3v) is 3.24. The van der Waals surface area contributed by atoms with Crippen molar-refractivity contribution in [2.45, 2.75) is 19.0 Å². The number of para-hydroxylation sites is 1. The van der Waals surface area contributed by atoms with E-state index in [9.17, 15) is 18.0 Å². The van der Waals surface area contributed by atoms with Crippen LogP contribution in [0.2, 0.25) is 0 Å². The number of piperidine rings is 1. The Bertz CT molecular complexity index is 548. The quantitative estimate of drug-likeness (QED) is 0.618. The lowest BCUT2D eigenvalue weighted by Crippen LogP contribution is -2.41. The Labute approximate surface area is 119 Å². The number of halogens is 3. The molecule has 8 heteroatoms. The summed E-state index contributed by atoms with van der Waals surface area (Å²) in [6.45, 7) is 0.610. The molecule has 0 unspecified atom stereocenters. The zero-order valence-corrected chi connectivity index (χ0v) is 11.0. The van der Waals surface area contributed by atoms with E-state index in [1.165, 1.54) is 23.1 Å². The van der Waals surface area contributed by atoms with Crippen molar-refractivity contribution >= 4 is 17.4 Å². The van der Waals surface area contributed by atoms with Gasteiger partial charge >= 0.3 is 12.2 Å². The molecule has 5 nitrogen and oxygen atoms in total. The first kappa shape index (κ1) is 15.1. The number of carbonyl (C=O) groups excluding carboxylic acids is 1. The molecule has 1 heterocycles. The van der Waals surface area contributed by atoms with E-state index in [0.717, 1.165) is 6.07 Å². The van der Waals surface area contributed by atoms with E-state index in [0.29, 0.717) is 31.6 Å². The molecule has 2 N–H and O–H groups in total. The van der Waals surface area contributed by atoms with Crippen LogP contribution in [0, 0.1) is 0 Å². The van der Waals surface area contributed by atoms with Crippen LogP contribution in [0.4, 0.5) is 23.7 Å². The zero-order valence-electron chi connectivity index (χ0n) is 11.0. The van der Waals surface area contributed by atoms with E-state index in [-0.39, 0.29) is 5.69 Å². The fourth-order valence-corrected chi connectivity index (χ4v) is 2.10. The summed E-state index contributed by atoms with van der Waals surface area (Å²) >= 11 is 0. The maximum absolute atomic E-state index is 12.8. The number of nitrogens with zero attached hydrogens (tertiary/aromatic N) is 2. The lowest BCUT2D eigenvalue weighted by atomic mass is 10.1. The SMILES string of the molecule is O=C(Nc1ccccc1C(F)(F)F)N1CCC(=NO)CC1. The first-order valence-electron chi connectivity index (χ1n) is 6.34. The molecule has 0 aromatic heterocycles. The summed E-state index contributed by atoms with van der Waals surface area (Å²) < 4.78 is 38.5. The maximum Gasteiger partial charge on any atom is 0.418 e. The molecular formula is C13H14F3N3O2. The Morgan fingerprint density at radius 2 is 1.86 bits per heavy atom. The second kappa shape index (κ2) is 6.02. The topological polar surface area (TPSA) is 64.9 Å². The smallest absolute Gasteiger partial charge is 0.411 e. The van der Waals surface area contributed by atoms with Crippen LogP contribution in [0.5, 0.6) is 0 Å². The minimum atomic E-state index is -4.53. The van der Waals surface area contributed by atoms with Crippen molar-refractivity contribution in [3.05, 3.63) is 29.8 Å². The van der Waals surface area contributed by atoms with Crippen molar-refractivity contribution < 1.29 is 23.2 Å². The van der Waals surface area contributed by atoms with Crippen LogP contribution >= 0.6 is 0 Å². The molecule has 114 valence electrons. The first-order chi connectivity index (χ1) is 9.91. The minimum Gasteiger partial charge on any atom is -0.411 e. The van der Waals surface area contributed by atoms with E-state index in [1.54, 1.807) is 0 Å². The summed E-state index contributed by atoms with van der Waals surface area (Å²) in [6.07, 6.45) is -3.71. The highest BCUT2D eigenvalue weighted by molar-refractivity contribution is 5.92. The van der Waals surface area contributed by atoms with E-state index in [4.69, 9.17) is 5.21 Å². The molecule has 0 bridgehead atoms. The van der Waals surface area contributed by atoms with Crippen LogP contribution in [-0.2, 0) is 6.18 Å². The predicted octanol–water partition coefficient (Wildman–Crippen LogP) is 3.16. The van der Waals surface area contributed by atoms with E-state index in [2.05, 4.69) is 10.5 Å². The average Bonchev–Trinajstić information content (AvgIpc) is 2.47. The van der Waals surface area contributed by atoms with Gasteiger partial charge in [0.1, 0.15) is 0 Å². The number of rotatable bonds is 1. The summed E-state index contributed by atoms with van der Waals surface area (Å²) in [5.41, 5.74) is -0.570. The van der Waals surface area contributed by atoms with Crippen molar-refractivity contribution in [2.24, 2.45) is 5.16 Å². The van der Waals surface area contributed by atoms with Crippen LogP contribution in [0.1, 0.15) is 18.4 Å². The number of benzene rings is 1. The lowest BCUT2D eigenvalue weighted by Gasteiger charge is -2.27. The van der Waals surface area contributed by atoms with Gasteiger partial charge in [-0.05, 0) is 12.1 Å². The molecular weight excluding hydrogens is 287 g/mol. The number of amides is 2. The Morgan fingerprint density at radius 1 is 1.24 bits per heavy atom. The number of alkyl halides is 3. The van der Waals surface area contributed by atoms with Crippen LogP contribution in [0.15, 0.2) is 29.4 Å². The van der Waals surface area contributed by atoms with Crippen LogP contribution in [0.25, 0.3) is 0 Å². The summed E-state index contributed by atoms with van der Waals surface area (Å²) in [4.78, 5) is 13.4. The van der Waals surface area contributed by atoms with Gasteiger partial charge in [-0.15, -0.1) is 0 Å². The number of carbonyl (C=O) groups is 1. The summed E-state index contributed by atoms with van der Waals surface area (Å²) in [5.74, 6) is 0. The highest BCUT2D eigenvalue weighted by atomic mass is 19.4. The first-order valence-corrected chi connectivity index (χ1v) is 6.34. The molecule has 2 amide bonds. The van der Waals surface area contributed by atoms with Gasteiger partial charge in [0, 0.05) is 25.9 Å². The monoisotopic (exact) mass is 301 g/mol. The molecule has 1 fully saturated rings. The van der Waals surface area contributed by atoms with Crippen molar-refractivity contribution in [1.29, 1.82) is 0 Å². The van der Waals surface area contributed by atoms with Gasteiger partial charge in [0.25, 0.3) is 0 Å². The van der Waals surface area contributed by atoms with Crippen molar-refractivity contribution in [3.63, 3.8) is 0 Å². The molecule has 0 radical (unpaired) electrons. The van der Waals surface area contributed by atoms with Gasteiger partial charge in [0.2, 0.25) is 0 Å². The second-order valence-electron chi connectivity index (χ2n) is 4.63. The van der Waals surface area contributed by atoms with Gasteiger partial charge in [-0.1, -0.05) is 17.3 Å². The molecule has 0 saturated carbocycles. The number of nitrogens with one attached hydrogen (secondary N) is 1. The largest absolute Gasteiger partial charge is 0.418 e. The number of anilines is 1. The lowest BCUT2D eigenvalue weighted by molar-refractivity contribution is -0.136. The molecule has 0 spiro atoms. The second-order valence-corrected chi connectivity index (χ2v) is 4.63. The molecule has 1 aliphatic rings. The maximum atomic E-state index is 12.8. The third-order valence-electron chi connectivity index (χ3n) is 3.24. The van der Waals surface area contributed by atoms with Crippen molar-refractivity contribution in [3.8, 4) is 0 Å². The van der Waals surface area contributed by atoms with Gasteiger partial charge in [0.15, 0.2) is 0 Å². The number of likely N-dealkylation sites (tertiary alicyclic amines) is 1. The van der Waals surface area contributed by atoms with E-state index in [1.807, 2.05) is 0 Å². The molecule has 1 aromatic rings. The van der Waals surface area contributed by atoms with Gasteiger partial charge < -0.3 is 15.4 Å². The predicted molar refractivity (Wildman–Crippen MR) is 70.5 cm³/mol. The number of hydrogen-bond donors (Lipinski definition) is 2. The number of oxime groups is 1. The highest BCUT2D eigenvalue weighted by Crippen LogP contribution is 2.34. The molecule has 21 heavy (non-hydrogen) atoms. The molecule has 1 aromatic carbocycles.